The summed E-state index contributed by atoms with van der Waals surface area (Å²) in [6.45, 7) is 3.69. The Balaban J connectivity index is 1.73. The summed E-state index contributed by atoms with van der Waals surface area (Å²) < 4.78 is 0. The molecule has 0 aliphatic carbocycles. The maximum Gasteiger partial charge on any atom is 0.274 e. The summed E-state index contributed by atoms with van der Waals surface area (Å²) in [6.07, 6.45) is 1.41. The predicted octanol–water partition coefficient (Wildman–Crippen LogP) is 2.79. The van der Waals surface area contributed by atoms with Crippen molar-refractivity contribution in [2.24, 2.45) is 0 Å². The van der Waals surface area contributed by atoms with Gasteiger partial charge < -0.3 is 15.1 Å². The van der Waals surface area contributed by atoms with Gasteiger partial charge in [-0.1, -0.05) is 23.2 Å². The lowest BCUT2D eigenvalue weighted by atomic mass is 10.2. The van der Waals surface area contributed by atoms with Crippen LogP contribution in [0.15, 0.2) is 30.6 Å². The first kappa shape index (κ1) is 17.0. The lowest BCUT2D eigenvalue weighted by Gasteiger charge is -2.33. The van der Waals surface area contributed by atoms with Crippen LogP contribution in [0.4, 0.5) is 11.5 Å². The summed E-state index contributed by atoms with van der Waals surface area (Å²) in [7, 11) is 2.09. The van der Waals surface area contributed by atoms with E-state index in [1.807, 2.05) is 0 Å². The van der Waals surface area contributed by atoms with Gasteiger partial charge in [0.15, 0.2) is 0 Å². The monoisotopic (exact) mass is 365 g/mol. The van der Waals surface area contributed by atoms with Crippen molar-refractivity contribution in [1.29, 1.82) is 0 Å². The van der Waals surface area contributed by atoms with Crippen molar-refractivity contribution < 1.29 is 4.79 Å². The number of aromatic nitrogens is 2. The molecule has 0 bridgehead atoms. The molecule has 6 nitrogen and oxygen atoms in total. The van der Waals surface area contributed by atoms with E-state index in [9.17, 15) is 4.79 Å². The Labute approximate surface area is 150 Å². The molecule has 8 heteroatoms. The number of carbonyl (C=O) groups is 1. The molecule has 1 fully saturated rings. The van der Waals surface area contributed by atoms with Crippen LogP contribution in [0.25, 0.3) is 0 Å². The topological polar surface area (TPSA) is 61.4 Å². The number of nitrogens with one attached hydrogen (secondary N) is 1. The van der Waals surface area contributed by atoms with Crippen LogP contribution >= 0.6 is 23.2 Å². The summed E-state index contributed by atoms with van der Waals surface area (Å²) >= 11 is 11.8. The molecule has 24 heavy (non-hydrogen) atoms. The fourth-order valence-corrected chi connectivity index (χ4v) is 2.75. The average Bonchev–Trinajstić information content (AvgIpc) is 2.59. The van der Waals surface area contributed by atoms with Crippen molar-refractivity contribution in [1.82, 2.24) is 14.9 Å². The number of hydrogen-bond donors (Lipinski definition) is 1. The van der Waals surface area contributed by atoms with Crippen LogP contribution in [0.5, 0.6) is 0 Å². The minimum absolute atomic E-state index is 0.310. The molecule has 1 aromatic carbocycles. The number of amides is 1. The number of halogens is 2. The standard InChI is InChI=1S/C16H17Cl2N5O/c1-22-4-6-23(7-5-22)15-9-14(19-10-20-15)16(24)21-11-2-3-12(17)13(18)8-11/h2-3,8-10H,4-7H2,1H3,(H,21,24). The summed E-state index contributed by atoms with van der Waals surface area (Å²) in [4.78, 5) is 25.2. The maximum atomic E-state index is 12.4. The molecular formula is C16H17Cl2N5O. The number of piperazine rings is 1. The van der Waals surface area contributed by atoms with Crippen molar-refractivity contribution >= 4 is 40.6 Å². The van der Waals surface area contributed by atoms with Crippen LogP contribution in [0.1, 0.15) is 10.5 Å². The van der Waals surface area contributed by atoms with E-state index in [2.05, 4.69) is 32.1 Å². The van der Waals surface area contributed by atoms with Gasteiger partial charge in [0, 0.05) is 37.9 Å². The molecule has 2 heterocycles. The van der Waals surface area contributed by atoms with Crippen molar-refractivity contribution in [2.45, 2.75) is 0 Å². The number of carbonyl (C=O) groups excluding carboxylic acids is 1. The molecular weight excluding hydrogens is 349 g/mol. The first-order valence-electron chi connectivity index (χ1n) is 7.55. The largest absolute Gasteiger partial charge is 0.354 e. The van der Waals surface area contributed by atoms with E-state index in [-0.39, 0.29) is 5.91 Å². The molecule has 1 amide bonds. The molecule has 126 valence electrons. The van der Waals surface area contributed by atoms with Crippen LogP contribution in [-0.4, -0.2) is 54.0 Å². The molecule has 1 N–H and O–H groups in total. The van der Waals surface area contributed by atoms with Crippen molar-refractivity contribution in [3.05, 3.63) is 46.3 Å². The van der Waals surface area contributed by atoms with E-state index in [0.717, 1.165) is 32.0 Å². The predicted molar refractivity (Wildman–Crippen MR) is 96.2 cm³/mol. The van der Waals surface area contributed by atoms with Gasteiger partial charge in [0.2, 0.25) is 0 Å². The van der Waals surface area contributed by atoms with Gasteiger partial charge in [-0.25, -0.2) is 9.97 Å². The molecule has 0 radical (unpaired) electrons. The highest BCUT2D eigenvalue weighted by atomic mass is 35.5. The summed E-state index contributed by atoms with van der Waals surface area (Å²) in [5.41, 5.74) is 0.874. The zero-order valence-corrected chi connectivity index (χ0v) is 14.7. The summed E-state index contributed by atoms with van der Waals surface area (Å²) in [5.74, 6) is 0.448. The summed E-state index contributed by atoms with van der Waals surface area (Å²) in [5, 5.41) is 3.59. The van der Waals surface area contributed by atoms with Gasteiger partial charge in [0.25, 0.3) is 5.91 Å². The third kappa shape index (κ3) is 3.95. The lowest BCUT2D eigenvalue weighted by Crippen LogP contribution is -2.44. The van der Waals surface area contributed by atoms with Crippen LogP contribution in [0.3, 0.4) is 0 Å². The Kier molecular flexibility index (Phi) is 5.18. The van der Waals surface area contributed by atoms with Crippen molar-refractivity contribution in [2.75, 3.05) is 43.4 Å². The summed E-state index contributed by atoms with van der Waals surface area (Å²) in [6, 6.07) is 6.63. The molecule has 1 aliphatic rings. The minimum atomic E-state index is -0.314. The quantitative estimate of drug-likeness (QED) is 0.905. The first-order chi connectivity index (χ1) is 11.5. The van der Waals surface area contributed by atoms with Gasteiger partial charge in [-0.05, 0) is 25.2 Å². The van der Waals surface area contributed by atoms with Crippen LogP contribution in [-0.2, 0) is 0 Å². The second-order valence-corrected chi connectivity index (χ2v) is 6.45. The zero-order chi connectivity index (χ0) is 17.1. The van der Waals surface area contributed by atoms with Gasteiger partial charge in [-0.3, -0.25) is 4.79 Å². The SMILES string of the molecule is CN1CCN(c2cc(C(=O)Nc3ccc(Cl)c(Cl)c3)ncn2)CC1. The highest BCUT2D eigenvalue weighted by Crippen LogP contribution is 2.25. The van der Waals surface area contributed by atoms with Gasteiger partial charge in [-0.2, -0.15) is 0 Å². The van der Waals surface area contributed by atoms with Crippen molar-refractivity contribution in [3.63, 3.8) is 0 Å². The molecule has 1 aliphatic heterocycles. The van der Waals surface area contributed by atoms with Gasteiger partial charge in [-0.15, -0.1) is 0 Å². The van der Waals surface area contributed by atoms with Crippen LogP contribution < -0.4 is 10.2 Å². The lowest BCUT2D eigenvalue weighted by molar-refractivity contribution is 0.102. The molecule has 1 saturated heterocycles. The fourth-order valence-electron chi connectivity index (χ4n) is 2.45. The van der Waals surface area contributed by atoms with E-state index in [0.29, 0.717) is 21.4 Å². The van der Waals surface area contributed by atoms with E-state index >= 15 is 0 Å². The number of likely N-dealkylation sites (N-methyl/N-ethyl adjacent to an activating group) is 1. The zero-order valence-electron chi connectivity index (χ0n) is 13.2. The number of benzene rings is 1. The van der Waals surface area contributed by atoms with Crippen molar-refractivity contribution in [3.8, 4) is 0 Å². The van der Waals surface area contributed by atoms with Gasteiger partial charge in [0.1, 0.15) is 17.8 Å². The second-order valence-electron chi connectivity index (χ2n) is 5.63. The Morgan fingerprint density at radius 3 is 2.54 bits per heavy atom. The number of anilines is 2. The number of nitrogens with zero attached hydrogens (tertiary/aromatic N) is 4. The Hall–Kier alpha value is -1.89. The molecule has 3 rings (SSSR count). The average molecular weight is 366 g/mol. The maximum absolute atomic E-state index is 12.4. The smallest absolute Gasteiger partial charge is 0.274 e. The highest BCUT2D eigenvalue weighted by molar-refractivity contribution is 6.42. The number of rotatable bonds is 3. The molecule has 0 saturated carbocycles. The molecule has 0 atom stereocenters. The minimum Gasteiger partial charge on any atom is -0.354 e. The van der Waals surface area contributed by atoms with E-state index in [1.54, 1.807) is 24.3 Å². The molecule has 0 spiro atoms. The van der Waals surface area contributed by atoms with Gasteiger partial charge >= 0.3 is 0 Å². The normalized spacial score (nSPS) is 15.4. The third-order valence-corrected chi connectivity index (χ3v) is 4.63. The highest BCUT2D eigenvalue weighted by Gasteiger charge is 2.17. The van der Waals surface area contributed by atoms with Crippen LogP contribution in [0, 0.1) is 0 Å². The van der Waals surface area contributed by atoms with Crippen LogP contribution in [0.2, 0.25) is 10.0 Å². The Morgan fingerprint density at radius 1 is 1.08 bits per heavy atom. The Morgan fingerprint density at radius 2 is 1.83 bits per heavy atom. The molecule has 2 aromatic rings. The first-order valence-corrected chi connectivity index (χ1v) is 8.30. The molecule has 1 aromatic heterocycles. The van der Waals surface area contributed by atoms with E-state index in [4.69, 9.17) is 23.2 Å². The fraction of sp³-hybridized carbons (Fsp3) is 0.312. The molecule has 0 unspecified atom stereocenters. The van der Waals surface area contributed by atoms with Gasteiger partial charge in [0.05, 0.1) is 10.0 Å². The third-order valence-electron chi connectivity index (χ3n) is 3.89. The number of hydrogen-bond acceptors (Lipinski definition) is 5. The van der Waals surface area contributed by atoms with E-state index in [1.165, 1.54) is 6.33 Å². The second kappa shape index (κ2) is 7.34. The Bertz CT molecular complexity index is 747. The van der Waals surface area contributed by atoms with E-state index < -0.39 is 0 Å².